The van der Waals surface area contributed by atoms with Crippen LogP contribution in [0.4, 0.5) is 5.69 Å². The van der Waals surface area contributed by atoms with Crippen molar-refractivity contribution in [3.05, 3.63) is 39.4 Å². The fourth-order valence-electron chi connectivity index (χ4n) is 2.04. The van der Waals surface area contributed by atoms with Crippen molar-refractivity contribution in [2.45, 2.75) is 33.1 Å². The summed E-state index contributed by atoms with van der Waals surface area (Å²) >= 11 is 0. The average molecular weight is 251 g/mol. The van der Waals surface area contributed by atoms with Gasteiger partial charge in [0.2, 0.25) is 0 Å². The number of carboxylic acids is 1. The molecule has 0 aromatic heterocycles. The molecule has 0 aliphatic heterocycles. The molecule has 0 bridgehead atoms. The Labute approximate surface area is 106 Å². The van der Waals surface area contributed by atoms with Gasteiger partial charge in [-0.05, 0) is 19.3 Å². The molecule has 1 atom stereocenters. The molecular formula is C13H17NO4. The lowest BCUT2D eigenvalue weighted by atomic mass is 9.88. The Morgan fingerprint density at radius 3 is 2.50 bits per heavy atom. The first-order valence-electron chi connectivity index (χ1n) is 5.81. The summed E-state index contributed by atoms with van der Waals surface area (Å²) < 4.78 is 0. The molecule has 0 radical (unpaired) electrons. The quantitative estimate of drug-likeness (QED) is 0.644. The van der Waals surface area contributed by atoms with E-state index in [1.165, 1.54) is 6.07 Å². The largest absolute Gasteiger partial charge is 0.481 e. The number of aryl methyl sites for hydroxylation is 1. The first-order chi connectivity index (χ1) is 8.34. The fourth-order valence-corrected chi connectivity index (χ4v) is 2.04. The molecule has 1 unspecified atom stereocenters. The van der Waals surface area contributed by atoms with Crippen molar-refractivity contribution in [2.24, 2.45) is 5.92 Å². The van der Waals surface area contributed by atoms with Gasteiger partial charge in [-0.1, -0.05) is 32.0 Å². The van der Waals surface area contributed by atoms with Gasteiger partial charge < -0.3 is 5.11 Å². The number of hydrogen-bond donors (Lipinski definition) is 1. The third-order valence-corrected chi connectivity index (χ3v) is 2.83. The van der Waals surface area contributed by atoms with Gasteiger partial charge in [0, 0.05) is 11.1 Å². The normalized spacial score (nSPS) is 12.4. The smallest absolute Gasteiger partial charge is 0.311 e. The van der Waals surface area contributed by atoms with Crippen molar-refractivity contribution in [2.75, 3.05) is 0 Å². The molecule has 98 valence electrons. The van der Waals surface area contributed by atoms with Crippen LogP contribution in [0, 0.1) is 23.0 Å². The van der Waals surface area contributed by atoms with E-state index >= 15 is 0 Å². The van der Waals surface area contributed by atoms with E-state index in [1.54, 1.807) is 19.1 Å². The number of aliphatic carboxylic acids is 1. The summed E-state index contributed by atoms with van der Waals surface area (Å²) in [5, 5.41) is 20.3. The Hall–Kier alpha value is -1.91. The minimum Gasteiger partial charge on any atom is -0.481 e. The number of nitro benzene ring substituents is 1. The molecule has 1 aromatic carbocycles. The Morgan fingerprint density at radius 1 is 1.44 bits per heavy atom. The van der Waals surface area contributed by atoms with Gasteiger partial charge in [-0.15, -0.1) is 0 Å². The van der Waals surface area contributed by atoms with E-state index in [-0.39, 0.29) is 11.6 Å². The second-order valence-electron chi connectivity index (χ2n) is 4.79. The van der Waals surface area contributed by atoms with E-state index < -0.39 is 16.8 Å². The SMILES string of the molecule is Cc1cccc(C(CC(C)C)C(=O)O)c1[N+](=O)[O-]. The van der Waals surface area contributed by atoms with Crippen LogP contribution in [0.2, 0.25) is 0 Å². The second-order valence-corrected chi connectivity index (χ2v) is 4.79. The zero-order valence-corrected chi connectivity index (χ0v) is 10.7. The maximum Gasteiger partial charge on any atom is 0.311 e. The second kappa shape index (κ2) is 5.62. The van der Waals surface area contributed by atoms with Crippen LogP contribution in [0.3, 0.4) is 0 Å². The summed E-state index contributed by atoms with van der Waals surface area (Å²) in [7, 11) is 0. The van der Waals surface area contributed by atoms with Crippen LogP contribution in [0.25, 0.3) is 0 Å². The van der Waals surface area contributed by atoms with Crippen LogP contribution in [0.1, 0.15) is 37.3 Å². The summed E-state index contributed by atoms with van der Waals surface area (Å²) in [5.74, 6) is -1.69. The van der Waals surface area contributed by atoms with E-state index in [2.05, 4.69) is 0 Å². The molecule has 1 N–H and O–H groups in total. The Balaban J connectivity index is 3.32. The maximum atomic E-state index is 11.3. The molecule has 0 spiro atoms. The summed E-state index contributed by atoms with van der Waals surface area (Å²) in [4.78, 5) is 21.9. The lowest BCUT2D eigenvalue weighted by molar-refractivity contribution is -0.386. The van der Waals surface area contributed by atoms with E-state index in [0.29, 0.717) is 17.5 Å². The number of benzene rings is 1. The molecule has 1 rings (SSSR count). The Bertz CT molecular complexity index is 468. The Kier molecular flexibility index (Phi) is 4.42. The number of hydrogen-bond acceptors (Lipinski definition) is 3. The molecule has 5 nitrogen and oxygen atoms in total. The number of rotatable bonds is 5. The van der Waals surface area contributed by atoms with Crippen LogP contribution >= 0.6 is 0 Å². The summed E-state index contributed by atoms with van der Waals surface area (Å²) in [6, 6.07) is 4.82. The van der Waals surface area contributed by atoms with Gasteiger partial charge in [-0.2, -0.15) is 0 Å². The zero-order valence-electron chi connectivity index (χ0n) is 10.7. The van der Waals surface area contributed by atoms with E-state index in [1.807, 2.05) is 13.8 Å². The predicted molar refractivity (Wildman–Crippen MR) is 67.7 cm³/mol. The average Bonchev–Trinajstić information content (AvgIpc) is 2.24. The maximum absolute atomic E-state index is 11.3. The van der Waals surface area contributed by atoms with Gasteiger partial charge >= 0.3 is 5.97 Å². The molecule has 0 aliphatic carbocycles. The summed E-state index contributed by atoms with van der Waals surface area (Å²) in [5.41, 5.74) is 0.708. The van der Waals surface area contributed by atoms with Gasteiger partial charge in [0.25, 0.3) is 5.69 Å². The molecule has 0 saturated heterocycles. The van der Waals surface area contributed by atoms with Crippen molar-refractivity contribution in [1.29, 1.82) is 0 Å². The van der Waals surface area contributed by atoms with Crippen molar-refractivity contribution in [3.63, 3.8) is 0 Å². The Morgan fingerprint density at radius 2 is 2.06 bits per heavy atom. The molecule has 1 aromatic rings. The monoisotopic (exact) mass is 251 g/mol. The minimum absolute atomic E-state index is 0.0782. The topological polar surface area (TPSA) is 80.4 Å². The number of nitrogens with zero attached hydrogens (tertiary/aromatic N) is 1. The molecule has 5 heteroatoms. The molecule has 0 heterocycles. The third-order valence-electron chi connectivity index (χ3n) is 2.83. The zero-order chi connectivity index (χ0) is 13.9. The highest BCUT2D eigenvalue weighted by molar-refractivity contribution is 5.78. The van der Waals surface area contributed by atoms with Gasteiger partial charge in [0.1, 0.15) is 0 Å². The molecule has 0 fully saturated rings. The predicted octanol–water partition coefficient (Wildman–Crippen LogP) is 3.12. The fraction of sp³-hybridized carbons (Fsp3) is 0.462. The van der Waals surface area contributed by atoms with Gasteiger partial charge in [-0.3, -0.25) is 14.9 Å². The number of para-hydroxylation sites is 1. The van der Waals surface area contributed by atoms with Crippen LogP contribution in [0.5, 0.6) is 0 Å². The van der Waals surface area contributed by atoms with Crippen LogP contribution in [-0.4, -0.2) is 16.0 Å². The van der Waals surface area contributed by atoms with Crippen LogP contribution < -0.4 is 0 Å². The van der Waals surface area contributed by atoms with Crippen molar-refractivity contribution >= 4 is 11.7 Å². The van der Waals surface area contributed by atoms with Crippen LogP contribution in [-0.2, 0) is 4.79 Å². The number of nitro groups is 1. The molecule has 0 amide bonds. The number of carbonyl (C=O) groups is 1. The van der Waals surface area contributed by atoms with Gasteiger partial charge in [0.15, 0.2) is 0 Å². The first kappa shape index (κ1) is 14.2. The molecular weight excluding hydrogens is 234 g/mol. The van der Waals surface area contributed by atoms with Crippen molar-refractivity contribution in [3.8, 4) is 0 Å². The first-order valence-corrected chi connectivity index (χ1v) is 5.81. The van der Waals surface area contributed by atoms with E-state index in [9.17, 15) is 20.0 Å². The standard InChI is InChI=1S/C13H17NO4/c1-8(2)7-11(13(15)16)10-6-4-5-9(3)12(10)14(17)18/h4-6,8,11H,7H2,1-3H3,(H,15,16). The van der Waals surface area contributed by atoms with Crippen molar-refractivity contribution in [1.82, 2.24) is 0 Å². The van der Waals surface area contributed by atoms with E-state index in [0.717, 1.165) is 0 Å². The highest BCUT2D eigenvalue weighted by atomic mass is 16.6. The van der Waals surface area contributed by atoms with Crippen LogP contribution in [0.15, 0.2) is 18.2 Å². The number of carboxylic acid groups (broad SMARTS) is 1. The third kappa shape index (κ3) is 3.06. The summed E-state index contributed by atoms with van der Waals surface area (Å²) in [6.45, 7) is 5.42. The van der Waals surface area contributed by atoms with E-state index in [4.69, 9.17) is 0 Å². The van der Waals surface area contributed by atoms with Gasteiger partial charge in [-0.25, -0.2) is 0 Å². The summed E-state index contributed by atoms with van der Waals surface area (Å²) in [6.07, 6.45) is 0.389. The van der Waals surface area contributed by atoms with Crippen molar-refractivity contribution < 1.29 is 14.8 Å². The highest BCUT2D eigenvalue weighted by Gasteiger charge is 2.29. The van der Waals surface area contributed by atoms with Gasteiger partial charge in [0.05, 0.1) is 10.8 Å². The lowest BCUT2D eigenvalue weighted by Gasteiger charge is -2.15. The highest BCUT2D eigenvalue weighted by Crippen LogP contribution is 2.33. The molecule has 18 heavy (non-hydrogen) atoms. The molecule has 0 aliphatic rings. The lowest BCUT2D eigenvalue weighted by Crippen LogP contribution is -2.16. The molecule has 0 saturated carbocycles. The minimum atomic E-state index is -1.02.